The summed E-state index contributed by atoms with van der Waals surface area (Å²) in [6.45, 7) is 0. The van der Waals surface area contributed by atoms with Gasteiger partial charge in [-0.05, 0) is 11.1 Å². The van der Waals surface area contributed by atoms with Gasteiger partial charge in [0.05, 0.1) is 6.04 Å². The normalized spacial score (nSPS) is 11.6. The predicted octanol–water partition coefficient (Wildman–Crippen LogP) is 3.20. The van der Waals surface area contributed by atoms with E-state index in [9.17, 15) is 9.59 Å². The van der Waals surface area contributed by atoms with Crippen LogP contribution in [0.15, 0.2) is 60.7 Å². The molecule has 4 nitrogen and oxygen atoms in total. The Bertz CT molecular complexity index is 596. The van der Waals surface area contributed by atoms with Crippen LogP contribution in [0.25, 0.3) is 0 Å². The molecule has 2 aromatic carbocycles. The largest absolute Gasteiger partial charge is 0.465 e. The highest BCUT2D eigenvalue weighted by Gasteiger charge is 2.18. The summed E-state index contributed by atoms with van der Waals surface area (Å²) in [7, 11) is 0. The van der Waals surface area contributed by atoms with Crippen LogP contribution in [0, 0.1) is 0 Å². The minimum Gasteiger partial charge on any atom is -0.465 e. The highest BCUT2D eigenvalue weighted by Crippen LogP contribution is 2.18. The third-order valence-corrected chi connectivity index (χ3v) is 3.18. The Balaban J connectivity index is 2.05. The van der Waals surface area contributed by atoms with E-state index in [0.717, 1.165) is 11.1 Å². The molecule has 0 fully saturated rings. The fourth-order valence-electron chi connectivity index (χ4n) is 2.21. The Morgan fingerprint density at radius 3 is 2.10 bits per heavy atom. The van der Waals surface area contributed by atoms with Crippen LogP contribution in [0.4, 0.5) is 4.79 Å². The summed E-state index contributed by atoms with van der Waals surface area (Å²) in [5.74, 6) is 0.00352. The molecule has 0 radical (unpaired) electrons. The molecule has 0 unspecified atom stereocenters. The quantitative estimate of drug-likeness (QED) is 0.855. The van der Waals surface area contributed by atoms with Crippen molar-refractivity contribution in [3.63, 3.8) is 0 Å². The van der Waals surface area contributed by atoms with Crippen molar-refractivity contribution in [1.29, 1.82) is 0 Å². The third kappa shape index (κ3) is 4.76. The molecule has 2 N–H and O–H groups in total. The van der Waals surface area contributed by atoms with Gasteiger partial charge < -0.3 is 10.4 Å². The van der Waals surface area contributed by atoms with Crippen molar-refractivity contribution in [2.75, 3.05) is 0 Å². The standard InChI is InChI=1S/C17H17NO3/c19-15(11-13-7-3-1-4-8-13)12-16(18-17(20)21)14-9-5-2-6-10-14/h1-10,16,18H,11-12H2,(H,20,21)/t16-/m0/s1. The summed E-state index contributed by atoms with van der Waals surface area (Å²) in [6.07, 6.45) is -0.673. The number of rotatable bonds is 6. The van der Waals surface area contributed by atoms with Gasteiger partial charge in [-0.2, -0.15) is 0 Å². The maximum absolute atomic E-state index is 12.1. The average Bonchev–Trinajstić information content (AvgIpc) is 2.48. The summed E-state index contributed by atoms with van der Waals surface area (Å²) in [4.78, 5) is 23.0. The van der Waals surface area contributed by atoms with Gasteiger partial charge in [0.15, 0.2) is 0 Å². The predicted molar refractivity (Wildman–Crippen MR) is 80.1 cm³/mol. The van der Waals surface area contributed by atoms with Crippen molar-refractivity contribution >= 4 is 11.9 Å². The zero-order valence-corrected chi connectivity index (χ0v) is 11.5. The van der Waals surface area contributed by atoms with Crippen LogP contribution in [-0.2, 0) is 11.2 Å². The lowest BCUT2D eigenvalue weighted by atomic mass is 9.98. The number of benzene rings is 2. The molecule has 0 saturated heterocycles. The maximum atomic E-state index is 12.1. The summed E-state index contributed by atoms with van der Waals surface area (Å²) in [5.41, 5.74) is 1.73. The number of Topliss-reactive ketones (excluding diaryl/α,β-unsaturated/α-hetero) is 1. The number of hydrogen-bond acceptors (Lipinski definition) is 2. The molecule has 0 spiro atoms. The second-order valence-electron chi connectivity index (χ2n) is 4.82. The van der Waals surface area contributed by atoms with E-state index in [-0.39, 0.29) is 12.2 Å². The zero-order chi connectivity index (χ0) is 15.1. The van der Waals surface area contributed by atoms with Crippen LogP contribution in [0.1, 0.15) is 23.6 Å². The molecule has 2 rings (SSSR count). The Kier molecular flexibility index (Phi) is 5.10. The molecule has 2 aromatic rings. The summed E-state index contributed by atoms with van der Waals surface area (Å²) in [6, 6.07) is 18.1. The van der Waals surface area contributed by atoms with Crippen LogP contribution >= 0.6 is 0 Å². The van der Waals surface area contributed by atoms with Crippen molar-refractivity contribution in [1.82, 2.24) is 5.32 Å². The first-order valence-corrected chi connectivity index (χ1v) is 6.75. The number of nitrogens with one attached hydrogen (secondary N) is 1. The lowest BCUT2D eigenvalue weighted by Crippen LogP contribution is -2.29. The van der Waals surface area contributed by atoms with E-state index in [2.05, 4.69) is 5.32 Å². The second-order valence-corrected chi connectivity index (χ2v) is 4.82. The molecular weight excluding hydrogens is 266 g/mol. The Morgan fingerprint density at radius 2 is 1.52 bits per heavy atom. The van der Waals surface area contributed by atoms with Gasteiger partial charge in [-0.15, -0.1) is 0 Å². The molecule has 0 aliphatic heterocycles. The Morgan fingerprint density at radius 1 is 0.952 bits per heavy atom. The van der Waals surface area contributed by atoms with Crippen molar-refractivity contribution in [2.24, 2.45) is 0 Å². The molecule has 0 aliphatic carbocycles. The molecule has 108 valence electrons. The van der Waals surface area contributed by atoms with Gasteiger partial charge in [0.2, 0.25) is 0 Å². The molecule has 1 amide bonds. The number of amides is 1. The molecule has 1 atom stereocenters. The van der Waals surface area contributed by atoms with E-state index in [4.69, 9.17) is 5.11 Å². The summed E-state index contributed by atoms with van der Waals surface area (Å²) in [5, 5.41) is 11.3. The highest BCUT2D eigenvalue weighted by atomic mass is 16.4. The lowest BCUT2D eigenvalue weighted by molar-refractivity contribution is -0.118. The van der Waals surface area contributed by atoms with Crippen LogP contribution in [-0.4, -0.2) is 17.0 Å². The van der Waals surface area contributed by atoms with Crippen LogP contribution < -0.4 is 5.32 Å². The van der Waals surface area contributed by atoms with Gasteiger partial charge in [0, 0.05) is 12.8 Å². The van der Waals surface area contributed by atoms with Gasteiger partial charge in [-0.3, -0.25) is 4.79 Å². The highest BCUT2D eigenvalue weighted by molar-refractivity contribution is 5.82. The number of hydrogen-bond donors (Lipinski definition) is 2. The molecule has 4 heteroatoms. The summed E-state index contributed by atoms with van der Waals surface area (Å²) < 4.78 is 0. The van der Waals surface area contributed by atoms with Gasteiger partial charge in [0.25, 0.3) is 0 Å². The SMILES string of the molecule is O=C(Cc1ccccc1)C[C@H](NC(=O)O)c1ccccc1. The fraction of sp³-hybridized carbons (Fsp3) is 0.176. The first-order chi connectivity index (χ1) is 10.1. The zero-order valence-electron chi connectivity index (χ0n) is 11.5. The molecule has 21 heavy (non-hydrogen) atoms. The maximum Gasteiger partial charge on any atom is 0.405 e. The minimum absolute atomic E-state index is 0.00352. The number of ketones is 1. The smallest absolute Gasteiger partial charge is 0.405 e. The fourth-order valence-corrected chi connectivity index (χ4v) is 2.21. The topological polar surface area (TPSA) is 66.4 Å². The molecule has 0 saturated carbocycles. The van der Waals surface area contributed by atoms with Crippen molar-refractivity contribution in [3.8, 4) is 0 Å². The molecule has 0 heterocycles. The van der Waals surface area contributed by atoms with Gasteiger partial charge in [-0.1, -0.05) is 60.7 Å². The van der Waals surface area contributed by atoms with E-state index in [1.54, 1.807) is 0 Å². The molecular formula is C17H17NO3. The van der Waals surface area contributed by atoms with E-state index in [1.165, 1.54) is 0 Å². The average molecular weight is 283 g/mol. The Labute approximate surface area is 123 Å². The van der Waals surface area contributed by atoms with Crippen LogP contribution in [0.5, 0.6) is 0 Å². The van der Waals surface area contributed by atoms with Crippen LogP contribution in [0.2, 0.25) is 0 Å². The third-order valence-electron chi connectivity index (χ3n) is 3.18. The van der Waals surface area contributed by atoms with Gasteiger partial charge in [0.1, 0.15) is 5.78 Å². The number of carbonyl (C=O) groups excluding carboxylic acids is 1. The molecule has 0 bridgehead atoms. The Hall–Kier alpha value is -2.62. The number of carbonyl (C=O) groups is 2. The first-order valence-electron chi connectivity index (χ1n) is 6.75. The van der Waals surface area contributed by atoms with Crippen molar-refractivity contribution in [3.05, 3.63) is 71.8 Å². The molecule has 0 aliphatic rings. The van der Waals surface area contributed by atoms with E-state index < -0.39 is 12.1 Å². The second kappa shape index (κ2) is 7.24. The summed E-state index contributed by atoms with van der Waals surface area (Å²) >= 11 is 0. The number of carboxylic acid groups (broad SMARTS) is 1. The van der Waals surface area contributed by atoms with Gasteiger partial charge >= 0.3 is 6.09 Å². The first kappa shape index (κ1) is 14.8. The monoisotopic (exact) mass is 283 g/mol. The van der Waals surface area contributed by atoms with Crippen molar-refractivity contribution < 1.29 is 14.7 Å². The van der Waals surface area contributed by atoms with Crippen LogP contribution in [0.3, 0.4) is 0 Å². The van der Waals surface area contributed by atoms with Gasteiger partial charge in [-0.25, -0.2) is 4.79 Å². The molecule has 0 aromatic heterocycles. The van der Waals surface area contributed by atoms with Crippen molar-refractivity contribution in [2.45, 2.75) is 18.9 Å². The lowest BCUT2D eigenvalue weighted by Gasteiger charge is -2.16. The van der Waals surface area contributed by atoms with E-state index in [1.807, 2.05) is 60.7 Å². The minimum atomic E-state index is -1.13. The van der Waals surface area contributed by atoms with E-state index >= 15 is 0 Å². The van der Waals surface area contributed by atoms with E-state index in [0.29, 0.717) is 6.42 Å².